The van der Waals surface area contributed by atoms with E-state index in [2.05, 4.69) is 68.0 Å². The number of nitrogens with zero attached hydrogens (tertiary/aromatic N) is 2. The van der Waals surface area contributed by atoms with Crippen LogP contribution in [0, 0.1) is 23.8 Å². The summed E-state index contributed by atoms with van der Waals surface area (Å²) in [4.78, 5) is 20.4. The number of rotatable bonds is 5. The summed E-state index contributed by atoms with van der Waals surface area (Å²) in [7, 11) is 0. The average Bonchev–Trinajstić information content (AvgIpc) is 2.82. The molecule has 2 aromatic heterocycles. The minimum absolute atomic E-state index is 0. The topological polar surface area (TPSA) is 63.1 Å². The van der Waals surface area contributed by atoms with Crippen molar-refractivity contribution >= 4 is 16.7 Å². The second kappa shape index (κ2) is 12.9. The standard InChI is InChI=1S/C21H23N2.C11H20O2.Ir/c1-5-21(4,6-2)18-11-15(3)10-17(12-18)19-13-16-8-7-9-22-20(16)14-23-19;1-10(2,3)8(12)7-9(13)11(4,5)6;/h7-9,11-14H,5-6H2,1-4H3;7,12H,1-6H3;/q-1;;/b;8-7-;. The van der Waals surface area contributed by atoms with Gasteiger partial charge in [-0.3, -0.25) is 9.78 Å². The Balaban J connectivity index is 0.000000423. The molecule has 0 saturated heterocycles. The molecule has 1 radical (unpaired) electrons. The van der Waals surface area contributed by atoms with Crippen molar-refractivity contribution in [2.24, 2.45) is 10.8 Å². The summed E-state index contributed by atoms with van der Waals surface area (Å²) >= 11 is 0. The Bertz CT molecular complexity index is 1230. The first-order valence-electron chi connectivity index (χ1n) is 12.8. The summed E-state index contributed by atoms with van der Waals surface area (Å²) in [6.07, 6.45) is 7.23. The van der Waals surface area contributed by atoms with Crippen LogP contribution in [0.1, 0.15) is 86.3 Å². The van der Waals surface area contributed by atoms with Crippen molar-refractivity contribution in [3.8, 4) is 11.3 Å². The molecule has 3 aromatic rings. The third-order valence-corrected chi connectivity index (χ3v) is 6.80. The van der Waals surface area contributed by atoms with Gasteiger partial charge in [0.15, 0.2) is 5.78 Å². The molecule has 0 aliphatic heterocycles. The fourth-order valence-electron chi connectivity index (χ4n) is 3.54. The Kier molecular flexibility index (Phi) is 11.4. The molecule has 1 N–H and O–H groups in total. The quantitative estimate of drug-likeness (QED) is 0.167. The molecule has 0 bridgehead atoms. The second-order valence-corrected chi connectivity index (χ2v) is 11.9. The predicted octanol–water partition coefficient (Wildman–Crippen LogP) is 8.57. The van der Waals surface area contributed by atoms with Crippen molar-refractivity contribution in [2.75, 3.05) is 0 Å². The van der Waals surface area contributed by atoms with E-state index < -0.39 is 5.41 Å². The van der Waals surface area contributed by atoms with Gasteiger partial charge in [-0.05, 0) is 35.4 Å². The van der Waals surface area contributed by atoms with E-state index in [4.69, 9.17) is 0 Å². The molecule has 4 nitrogen and oxygen atoms in total. The number of ketones is 1. The van der Waals surface area contributed by atoms with Gasteiger partial charge in [0.1, 0.15) is 5.76 Å². The fraction of sp³-hybridized carbons (Fsp3) is 0.469. The molecule has 0 aliphatic carbocycles. The van der Waals surface area contributed by atoms with Crippen LogP contribution in [-0.2, 0) is 30.3 Å². The Labute approximate surface area is 237 Å². The number of hydrogen-bond acceptors (Lipinski definition) is 4. The first-order valence-corrected chi connectivity index (χ1v) is 12.8. The van der Waals surface area contributed by atoms with Crippen LogP contribution >= 0.6 is 0 Å². The molecule has 0 atom stereocenters. The largest absolute Gasteiger partial charge is 0.512 e. The minimum atomic E-state index is -0.417. The van der Waals surface area contributed by atoms with Crippen molar-refractivity contribution in [3.05, 3.63) is 71.8 Å². The molecule has 0 aliphatic rings. The van der Waals surface area contributed by atoms with Crippen LogP contribution in [0.2, 0.25) is 0 Å². The molecule has 0 saturated carbocycles. The third-order valence-electron chi connectivity index (χ3n) is 6.80. The molecular formula is C32H43IrN2O2-. The van der Waals surface area contributed by atoms with Gasteiger partial charge in [0.2, 0.25) is 0 Å². The fourth-order valence-corrected chi connectivity index (χ4v) is 3.54. The number of aryl methyl sites for hydroxylation is 1. The van der Waals surface area contributed by atoms with Crippen LogP contribution in [0.25, 0.3) is 22.2 Å². The first-order chi connectivity index (χ1) is 16.6. The molecule has 0 fully saturated rings. The van der Waals surface area contributed by atoms with E-state index >= 15 is 0 Å². The Morgan fingerprint density at radius 3 is 2.14 bits per heavy atom. The summed E-state index contributed by atoms with van der Waals surface area (Å²) in [5.41, 5.74) is 4.94. The van der Waals surface area contributed by atoms with E-state index in [1.807, 2.05) is 53.8 Å². The van der Waals surface area contributed by atoms with Crippen LogP contribution in [0.4, 0.5) is 0 Å². The predicted molar refractivity (Wildman–Crippen MR) is 151 cm³/mol. The third kappa shape index (κ3) is 8.86. The van der Waals surface area contributed by atoms with Crippen molar-refractivity contribution < 1.29 is 30.0 Å². The van der Waals surface area contributed by atoms with E-state index in [1.54, 1.807) is 6.20 Å². The molecule has 37 heavy (non-hydrogen) atoms. The van der Waals surface area contributed by atoms with Gasteiger partial charge in [-0.25, -0.2) is 0 Å². The Morgan fingerprint density at radius 1 is 0.973 bits per heavy atom. The number of aliphatic hydroxyl groups excluding tert-OH is 1. The van der Waals surface area contributed by atoms with E-state index in [0.717, 1.165) is 35.0 Å². The van der Waals surface area contributed by atoms with Gasteiger partial charge in [0, 0.05) is 49.4 Å². The SMILES string of the molecule is CC(C)(C)C(=O)/C=C(\O)C(C)(C)C.CCC(C)(CC)c1cc(C)[c-]c(-c2cc3cccnc3cn2)c1.[Ir]. The molecule has 203 valence electrons. The van der Waals surface area contributed by atoms with Gasteiger partial charge < -0.3 is 10.1 Å². The number of hydrogen-bond donors (Lipinski definition) is 1. The van der Waals surface area contributed by atoms with Crippen molar-refractivity contribution in [1.29, 1.82) is 0 Å². The van der Waals surface area contributed by atoms with E-state index in [9.17, 15) is 9.90 Å². The van der Waals surface area contributed by atoms with Crippen LogP contribution in [0.5, 0.6) is 0 Å². The van der Waals surface area contributed by atoms with Crippen molar-refractivity contribution in [1.82, 2.24) is 9.97 Å². The summed E-state index contributed by atoms with van der Waals surface area (Å²) in [6.45, 7) is 20.1. The molecule has 0 amide bonds. The van der Waals surface area contributed by atoms with Crippen LogP contribution in [0.15, 0.2) is 54.6 Å². The van der Waals surface area contributed by atoms with E-state index in [-0.39, 0.29) is 42.5 Å². The second-order valence-electron chi connectivity index (χ2n) is 11.9. The number of aromatic nitrogens is 2. The summed E-state index contributed by atoms with van der Waals surface area (Å²) in [5.74, 6) is 0.104. The van der Waals surface area contributed by atoms with E-state index in [0.29, 0.717) is 0 Å². The van der Waals surface area contributed by atoms with E-state index in [1.165, 1.54) is 17.2 Å². The van der Waals surface area contributed by atoms with Gasteiger partial charge in [0.05, 0.1) is 5.52 Å². The maximum Gasteiger partial charge on any atom is 0.164 e. The number of carbonyl (C=O) groups excluding carboxylic acids is 1. The molecule has 5 heteroatoms. The van der Waals surface area contributed by atoms with Gasteiger partial charge in [-0.1, -0.05) is 81.4 Å². The molecule has 0 spiro atoms. The maximum absolute atomic E-state index is 11.5. The maximum atomic E-state index is 11.5. The Morgan fingerprint density at radius 2 is 1.59 bits per heavy atom. The molecule has 0 unspecified atom stereocenters. The Hall–Kier alpha value is -2.36. The van der Waals surface area contributed by atoms with Crippen LogP contribution in [-0.4, -0.2) is 20.9 Å². The zero-order valence-electron chi connectivity index (χ0n) is 24.1. The van der Waals surface area contributed by atoms with Gasteiger partial charge >= 0.3 is 0 Å². The minimum Gasteiger partial charge on any atom is -0.512 e. The zero-order valence-corrected chi connectivity index (χ0v) is 26.5. The van der Waals surface area contributed by atoms with Gasteiger partial charge in [-0.2, -0.15) is 0 Å². The first kappa shape index (κ1) is 32.7. The average molecular weight is 680 g/mol. The summed E-state index contributed by atoms with van der Waals surface area (Å²) < 4.78 is 0. The summed E-state index contributed by atoms with van der Waals surface area (Å²) in [6, 6.07) is 14.1. The molecule has 2 heterocycles. The van der Waals surface area contributed by atoms with Crippen molar-refractivity contribution in [3.63, 3.8) is 0 Å². The van der Waals surface area contributed by atoms with Gasteiger partial charge in [-0.15, -0.1) is 34.9 Å². The smallest absolute Gasteiger partial charge is 0.164 e. The number of fused-ring (bicyclic) bond motifs is 1. The number of pyridine rings is 2. The monoisotopic (exact) mass is 680 g/mol. The van der Waals surface area contributed by atoms with Gasteiger partial charge in [0.25, 0.3) is 0 Å². The van der Waals surface area contributed by atoms with Crippen molar-refractivity contribution in [2.45, 2.75) is 87.5 Å². The normalized spacial score (nSPS) is 12.4. The molecule has 1 aromatic carbocycles. The summed E-state index contributed by atoms with van der Waals surface area (Å²) in [5, 5.41) is 10.7. The van der Waals surface area contributed by atoms with Crippen LogP contribution < -0.4 is 0 Å². The number of benzene rings is 1. The van der Waals surface area contributed by atoms with Crippen LogP contribution in [0.3, 0.4) is 0 Å². The number of allylic oxidation sites excluding steroid dienone is 2. The number of carbonyl (C=O) groups is 1. The number of aliphatic hydroxyl groups is 1. The zero-order chi connectivity index (χ0) is 27.3. The molecular weight excluding hydrogens is 637 g/mol. The molecule has 3 rings (SSSR count).